The molecule has 3 aromatic carbocycles. The molecule has 0 radical (unpaired) electrons. The average Bonchev–Trinajstić information content (AvgIpc) is 3.29. The Morgan fingerprint density at radius 3 is 0.733 bits per heavy atom. The van der Waals surface area contributed by atoms with Gasteiger partial charge < -0.3 is 4.48 Å². The van der Waals surface area contributed by atoms with Crippen molar-refractivity contribution in [2.45, 2.75) is 234 Å². The maximum atomic E-state index is 2.34. The maximum Gasteiger partial charge on any atom is 0.0814 e. The van der Waals surface area contributed by atoms with Gasteiger partial charge in [0.2, 0.25) is 0 Å². The van der Waals surface area contributed by atoms with Gasteiger partial charge in [-0.25, -0.2) is 0 Å². The second-order valence-corrected chi connectivity index (χ2v) is 19.1. The zero-order valence-corrected chi connectivity index (χ0v) is 40.9. The topological polar surface area (TPSA) is 0 Å². The fourth-order valence-electron chi connectivity index (χ4n) is 10.2. The minimum Gasteiger partial charge on any atom is -0.324 e. The van der Waals surface area contributed by atoms with E-state index in [4.69, 9.17) is 0 Å². The number of unbranched alkanes of at least 4 members (excludes halogenated alkanes) is 25. The van der Waals surface area contributed by atoms with Crippen LogP contribution >= 0.6 is 0 Å². The van der Waals surface area contributed by atoms with Crippen molar-refractivity contribution in [1.82, 2.24) is 0 Å². The number of rotatable bonds is 38. The van der Waals surface area contributed by atoms with Gasteiger partial charge in [-0.3, -0.25) is 0 Å². The summed E-state index contributed by atoms with van der Waals surface area (Å²) in [5.74, 6) is 0. The molecule has 0 saturated carbocycles. The highest BCUT2D eigenvalue weighted by Gasteiger charge is 2.29. The maximum absolute atomic E-state index is 2.34. The van der Waals surface area contributed by atoms with Crippen molar-refractivity contribution >= 4 is 22.5 Å². The van der Waals surface area contributed by atoms with E-state index in [2.05, 4.69) is 126 Å². The Labute approximate surface area is 376 Å². The lowest BCUT2D eigenvalue weighted by Crippen LogP contribution is -2.66. The Hall–Kier alpha value is -2.32. The normalized spacial score (nSPS) is 11.8. The van der Waals surface area contributed by atoms with Gasteiger partial charge in [0, 0.05) is 0 Å². The van der Waals surface area contributed by atoms with Gasteiger partial charge in [0.15, 0.2) is 0 Å². The van der Waals surface area contributed by atoms with Gasteiger partial charge in [0.25, 0.3) is 0 Å². The van der Waals surface area contributed by atoms with Gasteiger partial charge in [0.05, 0.1) is 32.3 Å². The molecule has 3 rings (SSSR count). The number of benzene rings is 3. The summed E-state index contributed by atoms with van der Waals surface area (Å²) in [6.45, 7) is 17.5. The molecule has 0 unspecified atom stereocenters. The third-order valence-electron chi connectivity index (χ3n) is 14.0. The lowest BCUT2D eigenvalue weighted by atomic mass is 9.14. The summed E-state index contributed by atoms with van der Waals surface area (Å²) in [6.07, 6.45) is 43.1. The fraction of sp³-hybridized carbons (Fsp3) is 0.690. The minimum absolute atomic E-state index is 0.938. The molecule has 0 amide bonds. The molecule has 1 nitrogen and oxygen atoms in total. The Balaban J connectivity index is 0.000000420. The van der Waals surface area contributed by atoms with E-state index in [1.54, 1.807) is 0 Å². The highest BCUT2D eigenvalue weighted by molar-refractivity contribution is 7.11. The zero-order valence-electron chi connectivity index (χ0n) is 40.9. The second-order valence-electron chi connectivity index (χ2n) is 19.1. The van der Waals surface area contributed by atoms with Gasteiger partial charge in [-0.05, 0) is 51.4 Å². The molecule has 2 heteroatoms. The van der Waals surface area contributed by atoms with Crippen LogP contribution in [0.5, 0.6) is 0 Å². The average molecular weight is 822 g/mol. The molecule has 0 aliphatic heterocycles. The lowest BCUT2D eigenvalue weighted by molar-refractivity contribution is -0.929. The second kappa shape index (κ2) is 37.3. The van der Waals surface area contributed by atoms with Crippen LogP contribution in [0.15, 0.2) is 91.0 Å². The first kappa shape index (κ1) is 53.8. The number of quaternary nitrogens is 1. The molecule has 60 heavy (non-hydrogen) atoms. The molecule has 0 aromatic heterocycles. The predicted molar refractivity (Wildman–Crippen MR) is 275 cm³/mol. The molecule has 0 atom stereocenters. The fourth-order valence-corrected chi connectivity index (χ4v) is 10.2. The van der Waals surface area contributed by atoms with Gasteiger partial charge >= 0.3 is 0 Å². The third-order valence-corrected chi connectivity index (χ3v) is 14.0. The summed E-state index contributed by atoms with van der Waals surface area (Å²) in [6, 6.07) is 33.5. The number of hydrogen-bond acceptors (Lipinski definition) is 0. The van der Waals surface area contributed by atoms with Crippen LogP contribution in [0.25, 0.3) is 0 Å². The van der Waals surface area contributed by atoms with Gasteiger partial charge in [-0.1, -0.05) is 267 Å². The molecule has 0 heterocycles. The summed E-state index contributed by atoms with van der Waals surface area (Å²) in [5.41, 5.74) is 4.38. The quantitative estimate of drug-likeness (QED) is 0.0307. The van der Waals surface area contributed by atoms with E-state index in [0.29, 0.717) is 0 Å². The molecule has 0 spiro atoms. The smallest absolute Gasteiger partial charge is 0.0814 e. The summed E-state index contributed by atoms with van der Waals surface area (Å²) < 4.78 is 1.48. The Morgan fingerprint density at radius 2 is 0.483 bits per heavy atom. The van der Waals surface area contributed by atoms with Crippen LogP contribution in [-0.2, 0) is 0 Å². The van der Waals surface area contributed by atoms with Gasteiger partial charge in [-0.2, -0.15) is 22.7 Å². The van der Waals surface area contributed by atoms with Crippen LogP contribution in [-0.4, -0.2) is 36.8 Å². The monoisotopic (exact) mass is 822 g/mol. The van der Waals surface area contributed by atoms with Crippen LogP contribution < -0.4 is 16.4 Å². The molecule has 0 N–H and O–H groups in total. The van der Waals surface area contributed by atoms with Gasteiger partial charge in [0.1, 0.15) is 0 Å². The van der Waals surface area contributed by atoms with Crippen molar-refractivity contribution < 1.29 is 4.48 Å². The zero-order chi connectivity index (χ0) is 43.1. The van der Waals surface area contributed by atoms with Crippen LogP contribution in [0, 0.1) is 0 Å². The van der Waals surface area contributed by atoms with Crippen LogP contribution in [0.4, 0.5) is 0 Å². The van der Waals surface area contributed by atoms with E-state index in [1.165, 1.54) is 246 Å². The molecule has 0 aliphatic carbocycles. The Morgan fingerprint density at radius 1 is 0.267 bits per heavy atom. The van der Waals surface area contributed by atoms with Crippen LogP contribution in [0.1, 0.15) is 227 Å². The first-order valence-corrected chi connectivity index (χ1v) is 26.8. The molecule has 0 saturated heterocycles. The summed E-state index contributed by atoms with van der Waals surface area (Å²) in [7, 11) is 0. The summed E-state index contributed by atoms with van der Waals surface area (Å²) >= 11 is 0. The van der Waals surface area contributed by atoms with Crippen molar-refractivity contribution in [3.63, 3.8) is 0 Å². The summed E-state index contributed by atoms with van der Waals surface area (Å²) in [4.78, 5) is 0. The lowest BCUT2D eigenvalue weighted by Gasteiger charge is -2.43. The van der Waals surface area contributed by atoms with Crippen molar-refractivity contribution in [1.29, 1.82) is 0 Å². The van der Waals surface area contributed by atoms with Crippen LogP contribution in [0.2, 0.25) is 6.32 Å². The van der Waals surface area contributed by atoms with Crippen molar-refractivity contribution in [2.75, 3.05) is 26.2 Å². The van der Waals surface area contributed by atoms with Crippen molar-refractivity contribution in [3.8, 4) is 0 Å². The minimum atomic E-state index is -0.938. The molecule has 0 fully saturated rings. The molecule has 0 aliphatic rings. The molecular formula is C58H100BN. The first-order chi connectivity index (χ1) is 29.6. The van der Waals surface area contributed by atoms with E-state index in [-0.39, 0.29) is 0 Å². The van der Waals surface area contributed by atoms with E-state index in [0.717, 1.165) is 0 Å². The number of nitrogens with zero attached hydrogens (tertiary/aromatic N) is 1. The molecule has 0 bridgehead atoms. The highest BCUT2D eigenvalue weighted by atomic mass is 15.3. The van der Waals surface area contributed by atoms with E-state index in [9.17, 15) is 0 Å². The Kier molecular flexibility index (Phi) is 33.4. The highest BCUT2D eigenvalue weighted by Crippen LogP contribution is 2.22. The summed E-state index contributed by atoms with van der Waals surface area (Å²) in [5, 5.41) is 0. The largest absolute Gasteiger partial charge is 0.324 e. The number of hydrogen-bond donors (Lipinski definition) is 0. The van der Waals surface area contributed by atoms with E-state index in [1.807, 2.05) is 0 Å². The van der Waals surface area contributed by atoms with Gasteiger partial charge in [-0.15, -0.1) is 0 Å². The Bertz CT molecular complexity index is 1140. The van der Waals surface area contributed by atoms with E-state index < -0.39 is 6.15 Å². The van der Waals surface area contributed by atoms with Crippen molar-refractivity contribution in [2.24, 2.45) is 0 Å². The molecular weight excluding hydrogens is 721 g/mol. The third kappa shape index (κ3) is 23.2. The predicted octanol–water partition coefficient (Wildman–Crippen LogP) is 16.8. The molecule has 340 valence electrons. The van der Waals surface area contributed by atoms with Crippen molar-refractivity contribution in [3.05, 3.63) is 91.0 Å². The van der Waals surface area contributed by atoms with E-state index >= 15 is 0 Å². The molecule has 3 aromatic rings. The first-order valence-electron chi connectivity index (χ1n) is 26.8. The van der Waals surface area contributed by atoms with Crippen LogP contribution in [0.3, 0.4) is 0 Å². The standard InChI is InChI=1S/C32H68N.C26H32B/c1-5-9-13-17-21-25-29-33(30-26-22-18-14-10-6-2,31-27-23-19-15-11-7-3)32-28-24-20-16-12-8-4;1-2-3-4-5-6-16-23-27(24-17-10-7-11-18-24,25-19-12-8-13-20-25)26-21-14-9-15-22-26/h5-32H2,1-4H3;7-15,17-22H,2-6,16,23H2,1H3/q+1;-1. The SMILES string of the molecule is CCCCCCCC[B-](c1ccccc1)(c1ccccc1)c1ccccc1.CCCCCCCC[N+](CCCCCCCC)(CCCCCCCC)CCCCCCCC.